The Morgan fingerprint density at radius 2 is 2.00 bits per heavy atom. The molecule has 1 fully saturated rings. The van der Waals surface area contributed by atoms with Crippen molar-refractivity contribution in [1.29, 1.82) is 0 Å². The van der Waals surface area contributed by atoms with Gasteiger partial charge in [0.05, 0.1) is 0 Å². The van der Waals surface area contributed by atoms with Crippen LogP contribution in [0.15, 0.2) is 30.3 Å². The maximum atomic E-state index is 3.52. The van der Waals surface area contributed by atoms with Gasteiger partial charge in [0, 0.05) is 49.9 Å². The molecule has 3 rings (SSSR count). The van der Waals surface area contributed by atoms with E-state index in [-0.39, 0.29) is 0 Å². The molecule has 0 amide bonds. The van der Waals surface area contributed by atoms with Crippen LogP contribution in [-0.2, 0) is 6.42 Å². The molecule has 2 aromatic rings. The highest BCUT2D eigenvalue weighted by atomic mass is 15.2. The Morgan fingerprint density at radius 3 is 2.78 bits per heavy atom. The first-order valence-electron chi connectivity index (χ1n) is 6.84. The topological polar surface area (TPSA) is 31.1 Å². The normalized spacial score (nSPS) is 19.2. The number of nitrogens with one attached hydrogen (secondary N) is 2. The monoisotopic (exact) mass is 243 g/mol. The molecule has 1 saturated heterocycles. The van der Waals surface area contributed by atoms with E-state index in [4.69, 9.17) is 0 Å². The fourth-order valence-corrected chi connectivity index (χ4v) is 2.81. The number of hydrogen-bond donors (Lipinski definition) is 2. The number of fused-ring (bicyclic) bond motifs is 1. The number of para-hydroxylation sites is 1. The van der Waals surface area contributed by atoms with E-state index >= 15 is 0 Å². The molecule has 1 aromatic heterocycles. The summed E-state index contributed by atoms with van der Waals surface area (Å²) in [5.41, 5.74) is 2.60. The number of H-pyrrole nitrogens is 1. The molecule has 0 radical (unpaired) electrons. The van der Waals surface area contributed by atoms with Gasteiger partial charge in [-0.2, -0.15) is 0 Å². The molecule has 0 saturated carbocycles. The van der Waals surface area contributed by atoms with Gasteiger partial charge in [-0.15, -0.1) is 0 Å². The fraction of sp³-hybridized carbons (Fsp3) is 0.467. The molecule has 1 aliphatic heterocycles. The smallest absolute Gasteiger partial charge is 0.0456 e. The van der Waals surface area contributed by atoms with Crippen molar-refractivity contribution in [1.82, 2.24) is 15.2 Å². The second-order valence-corrected chi connectivity index (χ2v) is 5.22. The summed E-state index contributed by atoms with van der Waals surface area (Å²) in [4.78, 5) is 6.09. The first-order valence-corrected chi connectivity index (χ1v) is 6.84. The highest BCUT2D eigenvalue weighted by molar-refractivity contribution is 5.80. The zero-order chi connectivity index (χ0) is 12.4. The Kier molecular flexibility index (Phi) is 3.35. The third kappa shape index (κ3) is 2.42. The number of rotatable bonds is 3. The number of piperazine rings is 1. The highest BCUT2D eigenvalue weighted by Gasteiger charge is 2.17. The molecule has 0 aliphatic carbocycles. The van der Waals surface area contributed by atoms with Crippen LogP contribution in [0.2, 0.25) is 0 Å². The Hall–Kier alpha value is -1.32. The first kappa shape index (κ1) is 11.8. The summed E-state index contributed by atoms with van der Waals surface area (Å²) in [7, 11) is 0. The molecule has 3 heteroatoms. The zero-order valence-electron chi connectivity index (χ0n) is 10.9. The largest absolute Gasteiger partial charge is 0.358 e. The van der Waals surface area contributed by atoms with Crippen molar-refractivity contribution in [2.75, 3.05) is 26.2 Å². The van der Waals surface area contributed by atoms with Gasteiger partial charge in [-0.1, -0.05) is 18.2 Å². The number of hydrogen-bond acceptors (Lipinski definition) is 2. The van der Waals surface area contributed by atoms with E-state index in [1.165, 1.54) is 29.7 Å². The van der Waals surface area contributed by atoms with Crippen LogP contribution in [0.1, 0.15) is 12.6 Å². The van der Waals surface area contributed by atoms with Crippen LogP contribution >= 0.6 is 0 Å². The van der Waals surface area contributed by atoms with Gasteiger partial charge in [-0.3, -0.25) is 4.90 Å². The quantitative estimate of drug-likeness (QED) is 0.864. The molecule has 0 bridgehead atoms. The van der Waals surface area contributed by atoms with E-state index in [2.05, 4.69) is 52.5 Å². The molecule has 1 unspecified atom stereocenters. The van der Waals surface area contributed by atoms with E-state index in [9.17, 15) is 0 Å². The average molecular weight is 243 g/mol. The Bertz CT molecular complexity index is 478. The maximum absolute atomic E-state index is 3.52. The van der Waals surface area contributed by atoms with Crippen molar-refractivity contribution < 1.29 is 0 Å². The minimum absolute atomic E-state index is 0.611. The summed E-state index contributed by atoms with van der Waals surface area (Å²) >= 11 is 0. The second-order valence-electron chi connectivity index (χ2n) is 5.22. The van der Waals surface area contributed by atoms with Crippen LogP contribution in [0, 0.1) is 0 Å². The van der Waals surface area contributed by atoms with E-state index in [1.807, 2.05) is 0 Å². The third-order valence-electron chi connectivity index (χ3n) is 3.88. The lowest BCUT2D eigenvalue weighted by Crippen LogP contribution is -2.48. The van der Waals surface area contributed by atoms with Gasteiger partial charge < -0.3 is 10.3 Å². The van der Waals surface area contributed by atoms with Crippen LogP contribution in [0.3, 0.4) is 0 Å². The minimum atomic E-state index is 0.611. The van der Waals surface area contributed by atoms with Crippen molar-refractivity contribution in [2.45, 2.75) is 19.4 Å². The number of aromatic nitrogens is 1. The standard InChI is InChI=1S/C15H21N3/c1-12(18-8-6-16-7-9-18)10-14-11-13-4-2-3-5-15(13)17-14/h2-5,11-12,16-17H,6-10H2,1H3. The molecule has 1 aromatic carbocycles. The summed E-state index contributed by atoms with van der Waals surface area (Å²) in [5, 5.41) is 4.72. The fourth-order valence-electron chi connectivity index (χ4n) is 2.81. The molecule has 18 heavy (non-hydrogen) atoms. The van der Waals surface area contributed by atoms with Gasteiger partial charge in [0.25, 0.3) is 0 Å². The molecular weight excluding hydrogens is 222 g/mol. The van der Waals surface area contributed by atoms with Gasteiger partial charge >= 0.3 is 0 Å². The first-order chi connectivity index (χ1) is 8.83. The minimum Gasteiger partial charge on any atom is -0.358 e. The average Bonchev–Trinajstić information content (AvgIpc) is 2.82. The molecule has 3 nitrogen and oxygen atoms in total. The molecule has 96 valence electrons. The highest BCUT2D eigenvalue weighted by Crippen LogP contribution is 2.17. The van der Waals surface area contributed by atoms with Crippen LogP contribution in [0.5, 0.6) is 0 Å². The summed E-state index contributed by atoms with van der Waals surface area (Å²) in [6, 6.07) is 11.4. The number of benzene rings is 1. The van der Waals surface area contributed by atoms with E-state index in [1.54, 1.807) is 0 Å². The predicted molar refractivity (Wildman–Crippen MR) is 75.9 cm³/mol. The second kappa shape index (κ2) is 5.12. The summed E-state index contributed by atoms with van der Waals surface area (Å²) < 4.78 is 0. The number of nitrogens with zero attached hydrogens (tertiary/aromatic N) is 1. The molecule has 0 spiro atoms. The molecule has 2 heterocycles. The van der Waals surface area contributed by atoms with Crippen molar-refractivity contribution in [2.24, 2.45) is 0 Å². The summed E-state index contributed by atoms with van der Waals surface area (Å²) in [5.74, 6) is 0. The summed E-state index contributed by atoms with van der Waals surface area (Å²) in [6.07, 6.45) is 1.11. The molecular formula is C15H21N3. The lowest BCUT2D eigenvalue weighted by atomic mass is 10.1. The van der Waals surface area contributed by atoms with E-state index in [0.717, 1.165) is 19.5 Å². The molecule has 1 aliphatic rings. The van der Waals surface area contributed by atoms with Crippen molar-refractivity contribution in [3.8, 4) is 0 Å². The Morgan fingerprint density at radius 1 is 1.22 bits per heavy atom. The van der Waals surface area contributed by atoms with Crippen LogP contribution in [-0.4, -0.2) is 42.1 Å². The van der Waals surface area contributed by atoms with Gasteiger partial charge in [0.15, 0.2) is 0 Å². The van der Waals surface area contributed by atoms with Crippen LogP contribution < -0.4 is 5.32 Å². The van der Waals surface area contributed by atoms with Gasteiger partial charge in [-0.05, 0) is 24.4 Å². The predicted octanol–water partition coefficient (Wildman–Crippen LogP) is 2.00. The van der Waals surface area contributed by atoms with Crippen LogP contribution in [0.25, 0.3) is 10.9 Å². The summed E-state index contributed by atoms with van der Waals surface area (Å²) in [6.45, 7) is 6.91. The SMILES string of the molecule is CC(Cc1cc2ccccc2[nH]1)N1CCNCC1. The number of aromatic amines is 1. The maximum Gasteiger partial charge on any atom is 0.0456 e. The van der Waals surface area contributed by atoms with Gasteiger partial charge in [0.1, 0.15) is 0 Å². The lowest BCUT2D eigenvalue weighted by molar-refractivity contribution is 0.183. The lowest BCUT2D eigenvalue weighted by Gasteiger charge is -2.32. The third-order valence-corrected chi connectivity index (χ3v) is 3.88. The van der Waals surface area contributed by atoms with Crippen molar-refractivity contribution in [3.05, 3.63) is 36.0 Å². The van der Waals surface area contributed by atoms with E-state index in [0.29, 0.717) is 6.04 Å². The molecule has 1 atom stereocenters. The Balaban J connectivity index is 1.71. The van der Waals surface area contributed by atoms with Gasteiger partial charge in [-0.25, -0.2) is 0 Å². The van der Waals surface area contributed by atoms with Crippen molar-refractivity contribution >= 4 is 10.9 Å². The Labute approximate surface area is 108 Å². The molecule has 2 N–H and O–H groups in total. The van der Waals surface area contributed by atoms with Gasteiger partial charge in [0.2, 0.25) is 0 Å². The zero-order valence-corrected chi connectivity index (χ0v) is 10.9. The van der Waals surface area contributed by atoms with Crippen molar-refractivity contribution in [3.63, 3.8) is 0 Å². The van der Waals surface area contributed by atoms with E-state index < -0.39 is 0 Å². The van der Waals surface area contributed by atoms with Crippen LogP contribution in [0.4, 0.5) is 0 Å².